The number of carbonyl (C=O) groups is 6. The number of hydrogen-bond acceptors (Lipinski definition) is 8. The molecule has 15 N–H and O–H groups in total. The number of nitrogens with two attached hydrogens (primary N) is 5. The van der Waals surface area contributed by atoms with Gasteiger partial charge in [-0.15, -0.1) is 0 Å². The molecule has 0 aliphatic carbocycles. The summed E-state index contributed by atoms with van der Waals surface area (Å²) in [5, 5.41) is 17.7. The van der Waals surface area contributed by atoms with Crippen LogP contribution in [0.2, 0.25) is 0 Å². The fourth-order valence-electron chi connectivity index (χ4n) is 4.18. The smallest absolute Gasteiger partial charge is 0.326 e. The first-order valence-corrected chi connectivity index (χ1v) is 13.3. The number of aliphatic imine (C=N–C) groups is 1. The molecule has 1 aromatic carbocycles. The Labute approximate surface area is 246 Å². The predicted molar refractivity (Wildman–Crippen MR) is 156 cm³/mol. The summed E-state index contributed by atoms with van der Waals surface area (Å²) in [6.07, 6.45) is 0.777. The molecule has 0 fully saturated rings. The van der Waals surface area contributed by atoms with Gasteiger partial charge in [0, 0.05) is 36.5 Å². The summed E-state index contributed by atoms with van der Waals surface area (Å²) < 4.78 is 0. The van der Waals surface area contributed by atoms with Gasteiger partial charge < -0.3 is 54.7 Å². The van der Waals surface area contributed by atoms with Crippen molar-refractivity contribution in [2.24, 2.45) is 33.7 Å². The Morgan fingerprint density at radius 1 is 0.837 bits per heavy atom. The Hall–Kier alpha value is -5.19. The van der Waals surface area contributed by atoms with Gasteiger partial charge in [0.05, 0.1) is 12.5 Å². The molecule has 4 atom stereocenters. The summed E-state index contributed by atoms with van der Waals surface area (Å²) in [5.41, 5.74) is 28.1. The number of primary amides is 2. The largest absolute Gasteiger partial charge is 0.480 e. The van der Waals surface area contributed by atoms with Gasteiger partial charge in [-0.3, -0.25) is 29.0 Å². The van der Waals surface area contributed by atoms with Gasteiger partial charge in [0.1, 0.15) is 18.1 Å². The highest BCUT2D eigenvalue weighted by molar-refractivity contribution is 5.95. The first kappa shape index (κ1) is 34.0. The molecule has 17 nitrogen and oxygen atoms in total. The third-order valence-corrected chi connectivity index (χ3v) is 6.36. The lowest BCUT2D eigenvalue weighted by Crippen LogP contribution is -2.57. The van der Waals surface area contributed by atoms with Gasteiger partial charge in [-0.25, -0.2) is 4.79 Å². The second-order valence-electron chi connectivity index (χ2n) is 9.82. The average Bonchev–Trinajstić information content (AvgIpc) is 3.33. The molecule has 0 saturated heterocycles. The van der Waals surface area contributed by atoms with E-state index in [2.05, 4.69) is 25.9 Å². The number of para-hydroxylation sites is 1. The number of nitrogens with one attached hydrogen (secondary N) is 4. The SMILES string of the molecule is NC(=O)CCC(NC(=O)C(Cc1c[nH]c2ccccc12)NC(=O)C(CCCN=C(N)N)NC(=O)C(N)CC(N)=O)C(=O)O. The molecule has 1 aromatic heterocycles. The Bertz CT molecular complexity index is 1350. The van der Waals surface area contributed by atoms with E-state index in [1.807, 2.05) is 12.1 Å². The van der Waals surface area contributed by atoms with E-state index in [1.54, 1.807) is 18.3 Å². The lowest BCUT2D eigenvalue weighted by molar-refractivity contribution is -0.142. The summed E-state index contributed by atoms with van der Waals surface area (Å²) in [6, 6.07) is 1.84. The van der Waals surface area contributed by atoms with Crippen LogP contribution in [0.4, 0.5) is 0 Å². The van der Waals surface area contributed by atoms with Crippen molar-refractivity contribution in [1.82, 2.24) is 20.9 Å². The number of amides is 5. The zero-order valence-corrected chi connectivity index (χ0v) is 23.4. The van der Waals surface area contributed by atoms with Crippen LogP contribution in [-0.2, 0) is 35.2 Å². The fraction of sp³-hybridized carbons (Fsp3) is 0.423. The van der Waals surface area contributed by atoms with Gasteiger partial charge in [-0.1, -0.05) is 18.2 Å². The van der Waals surface area contributed by atoms with Crippen molar-refractivity contribution < 1.29 is 33.9 Å². The van der Waals surface area contributed by atoms with Crippen LogP contribution >= 0.6 is 0 Å². The van der Waals surface area contributed by atoms with E-state index in [4.69, 9.17) is 28.7 Å². The van der Waals surface area contributed by atoms with Crippen LogP contribution in [-0.4, -0.2) is 82.3 Å². The molecule has 1 heterocycles. The lowest BCUT2D eigenvalue weighted by Gasteiger charge is -2.25. The van der Waals surface area contributed by atoms with Crippen LogP contribution in [0.5, 0.6) is 0 Å². The van der Waals surface area contributed by atoms with Crippen LogP contribution < -0.4 is 44.6 Å². The first-order valence-electron chi connectivity index (χ1n) is 13.3. The Balaban J connectivity index is 2.34. The average molecular weight is 603 g/mol. The zero-order valence-electron chi connectivity index (χ0n) is 23.4. The normalized spacial score (nSPS) is 13.6. The van der Waals surface area contributed by atoms with E-state index < -0.39 is 66.1 Å². The van der Waals surface area contributed by atoms with E-state index in [0.29, 0.717) is 5.56 Å². The Morgan fingerprint density at radius 2 is 1.47 bits per heavy atom. The maximum absolute atomic E-state index is 13.5. The number of rotatable bonds is 18. The maximum Gasteiger partial charge on any atom is 0.326 e. The molecule has 17 heteroatoms. The summed E-state index contributed by atoms with van der Waals surface area (Å²) in [7, 11) is 0. The molecule has 0 saturated carbocycles. The molecule has 2 aromatic rings. The predicted octanol–water partition coefficient (Wildman–Crippen LogP) is -3.23. The van der Waals surface area contributed by atoms with Crippen molar-refractivity contribution in [3.05, 3.63) is 36.0 Å². The standard InChI is InChI=1S/C26H38N10O7/c27-15(11-21(29)38)22(39)34-17(6-3-9-32-26(30)31)23(40)36-19(10-13-12-33-16-5-2-1-4-14(13)16)24(41)35-18(25(42)43)7-8-20(28)37/h1-2,4-5,12,15,17-19,33H,3,6-11,27H2,(H2,28,37)(H2,29,38)(H,34,39)(H,35,41)(H,36,40)(H,42,43)(H4,30,31,32). The number of aromatic nitrogens is 1. The third kappa shape index (κ3) is 11.3. The van der Waals surface area contributed by atoms with Gasteiger partial charge in [0.2, 0.25) is 29.5 Å². The maximum atomic E-state index is 13.5. The van der Waals surface area contributed by atoms with Gasteiger partial charge in [0.15, 0.2) is 5.96 Å². The molecule has 2 rings (SSSR count). The quantitative estimate of drug-likeness (QED) is 0.0462. The molecule has 0 aliphatic rings. The minimum Gasteiger partial charge on any atom is -0.480 e. The number of aromatic amines is 1. The van der Waals surface area contributed by atoms with Crippen molar-refractivity contribution >= 4 is 52.4 Å². The topological polar surface area (TPSA) is 317 Å². The second kappa shape index (κ2) is 16.3. The minimum absolute atomic E-state index is 0.00936. The van der Waals surface area contributed by atoms with E-state index in [-0.39, 0.29) is 44.6 Å². The molecular weight excluding hydrogens is 564 g/mol. The van der Waals surface area contributed by atoms with Gasteiger partial charge in [-0.2, -0.15) is 0 Å². The van der Waals surface area contributed by atoms with Crippen molar-refractivity contribution in [1.29, 1.82) is 0 Å². The lowest BCUT2D eigenvalue weighted by atomic mass is 10.0. The summed E-state index contributed by atoms with van der Waals surface area (Å²) in [6.45, 7) is 0.120. The van der Waals surface area contributed by atoms with Crippen molar-refractivity contribution in [2.75, 3.05) is 6.54 Å². The highest BCUT2D eigenvalue weighted by atomic mass is 16.4. The molecule has 43 heavy (non-hydrogen) atoms. The molecule has 0 bridgehead atoms. The third-order valence-electron chi connectivity index (χ3n) is 6.36. The van der Waals surface area contributed by atoms with E-state index in [0.717, 1.165) is 10.9 Å². The van der Waals surface area contributed by atoms with Gasteiger partial charge in [-0.05, 0) is 30.9 Å². The van der Waals surface area contributed by atoms with Crippen LogP contribution in [0.3, 0.4) is 0 Å². The molecule has 5 amide bonds. The van der Waals surface area contributed by atoms with Crippen LogP contribution in [0.15, 0.2) is 35.5 Å². The number of carbonyl (C=O) groups excluding carboxylic acids is 5. The van der Waals surface area contributed by atoms with E-state index >= 15 is 0 Å². The van der Waals surface area contributed by atoms with E-state index in [1.165, 1.54) is 0 Å². The highest BCUT2D eigenvalue weighted by Gasteiger charge is 2.31. The Kier molecular flexibility index (Phi) is 12.9. The molecule has 0 radical (unpaired) electrons. The first-order chi connectivity index (χ1) is 20.3. The number of guanidine groups is 1. The van der Waals surface area contributed by atoms with Gasteiger partial charge >= 0.3 is 5.97 Å². The summed E-state index contributed by atoms with van der Waals surface area (Å²) in [4.78, 5) is 80.6. The van der Waals surface area contributed by atoms with Gasteiger partial charge in [0.25, 0.3) is 0 Å². The van der Waals surface area contributed by atoms with Crippen molar-refractivity contribution in [2.45, 2.75) is 62.7 Å². The number of nitrogens with zero attached hydrogens (tertiary/aromatic N) is 1. The molecule has 0 aliphatic heterocycles. The number of fused-ring (bicyclic) bond motifs is 1. The summed E-state index contributed by atoms with van der Waals surface area (Å²) in [5.74, 6) is -5.64. The van der Waals surface area contributed by atoms with Crippen molar-refractivity contribution in [3.63, 3.8) is 0 Å². The van der Waals surface area contributed by atoms with E-state index in [9.17, 15) is 33.9 Å². The number of H-pyrrole nitrogens is 1. The van der Waals surface area contributed by atoms with Crippen LogP contribution in [0.25, 0.3) is 10.9 Å². The fourth-order valence-corrected chi connectivity index (χ4v) is 4.18. The number of aliphatic carboxylic acids is 1. The molecule has 234 valence electrons. The summed E-state index contributed by atoms with van der Waals surface area (Å²) >= 11 is 0. The van der Waals surface area contributed by atoms with Crippen LogP contribution in [0, 0.1) is 0 Å². The highest BCUT2D eigenvalue weighted by Crippen LogP contribution is 2.19. The van der Waals surface area contributed by atoms with Crippen LogP contribution in [0.1, 0.15) is 37.7 Å². The second-order valence-corrected chi connectivity index (χ2v) is 9.82. The monoisotopic (exact) mass is 602 g/mol. The number of hydrogen-bond donors (Lipinski definition) is 10. The van der Waals surface area contributed by atoms with Crippen molar-refractivity contribution in [3.8, 4) is 0 Å². The zero-order chi connectivity index (χ0) is 32.1. The number of carboxylic acids is 1. The molecule has 0 spiro atoms. The molecular formula is C26H38N10O7. The molecule has 4 unspecified atom stereocenters. The number of benzene rings is 1. The Morgan fingerprint density at radius 3 is 2.09 bits per heavy atom. The minimum atomic E-state index is -1.47. The number of carboxylic acid groups (broad SMARTS) is 1.